The Hall–Kier alpha value is -2.64. The summed E-state index contributed by atoms with van der Waals surface area (Å²) in [5.41, 5.74) is 4.02. The first-order valence-corrected chi connectivity index (χ1v) is 27.3. The maximum absolute atomic E-state index is 12.7. The number of aromatic nitrogens is 4. The van der Waals surface area contributed by atoms with Crippen molar-refractivity contribution in [3.05, 3.63) is 12.7 Å². The number of nitrogens with one attached hydrogen (secondary N) is 2. The fraction of sp³-hybridized carbons (Fsp3) is 0.784. The van der Waals surface area contributed by atoms with Crippen LogP contribution in [0.25, 0.3) is 11.2 Å². The summed E-state index contributed by atoms with van der Waals surface area (Å²) >= 11 is 0.927. The van der Waals surface area contributed by atoms with E-state index in [1.807, 2.05) is 6.92 Å². The van der Waals surface area contributed by atoms with Crippen molar-refractivity contribution in [2.45, 2.75) is 147 Å². The van der Waals surface area contributed by atoms with E-state index in [4.69, 9.17) is 19.9 Å². The molecule has 2 saturated heterocycles. The summed E-state index contributed by atoms with van der Waals surface area (Å²) in [7, 11) is -17.7. The molecule has 2 aliphatic rings. The van der Waals surface area contributed by atoms with Crippen LogP contribution in [0.2, 0.25) is 0 Å². The number of nitrogens with zero attached hydrogens (tertiary/aromatic N) is 4. The second-order valence-electron chi connectivity index (χ2n) is 17.2. The minimum atomic E-state index is -5.95. The van der Waals surface area contributed by atoms with Gasteiger partial charge in [0, 0.05) is 43.5 Å². The number of phosphoric ester groups is 3. The Balaban J connectivity index is 1.09. The average molecular weight is 1080 g/mol. The lowest BCUT2D eigenvalue weighted by Gasteiger charge is -2.36. The molecule has 0 saturated carbocycles. The highest BCUT2D eigenvalue weighted by atomic mass is 32.2. The number of ether oxygens (including phenoxy) is 3. The number of carbonyl (C=O) groups is 3. The van der Waals surface area contributed by atoms with Gasteiger partial charge in [-0.3, -0.25) is 28.1 Å². The molecule has 13 atom stereocenters. The first-order valence-electron chi connectivity index (χ1n) is 21.9. The third-order valence-corrected chi connectivity index (χ3v) is 14.8. The number of phosphoric acid groups is 3. The lowest BCUT2D eigenvalue weighted by Crippen LogP contribution is -2.48. The van der Waals surface area contributed by atoms with Gasteiger partial charge in [-0.1, -0.05) is 44.9 Å². The van der Waals surface area contributed by atoms with E-state index in [0.717, 1.165) is 41.8 Å². The molecule has 400 valence electrons. The maximum atomic E-state index is 12.7. The largest absolute Gasteiger partial charge is 0.790 e. The van der Waals surface area contributed by atoms with Crippen molar-refractivity contribution >= 4 is 69.1 Å². The Morgan fingerprint density at radius 3 is 2.36 bits per heavy atom. The van der Waals surface area contributed by atoms with Gasteiger partial charge in [-0.05, 0) is 26.7 Å². The zero-order chi connectivity index (χ0) is 52.2. The molecule has 0 spiro atoms. The molecule has 2 aliphatic heterocycles. The molecule has 0 bridgehead atoms. The number of amides is 2. The predicted molar refractivity (Wildman–Crippen MR) is 233 cm³/mol. The van der Waals surface area contributed by atoms with Gasteiger partial charge in [-0.25, -0.2) is 19.3 Å². The van der Waals surface area contributed by atoms with Gasteiger partial charge in [-0.2, -0.15) is 0 Å². The lowest BCUT2D eigenvalue weighted by molar-refractivity contribution is -0.347. The smallest absolute Gasteiger partial charge is 0.274 e. The monoisotopic (exact) mass is 1080 g/mol. The third-order valence-electron chi connectivity index (χ3n) is 10.8. The summed E-state index contributed by atoms with van der Waals surface area (Å²) < 4.78 is 72.1. The van der Waals surface area contributed by atoms with Crippen LogP contribution in [-0.2, 0) is 60.2 Å². The van der Waals surface area contributed by atoms with E-state index < -0.39 is 115 Å². The zero-order valence-electron chi connectivity index (χ0n) is 38.5. The van der Waals surface area contributed by atoms with Crippen LogP contribution in [0.1, 0.15) is 85.3 Å². The molecule has 0 aromatic carbocycles. The summed E-state index contributed by atoms with van der Waals surface area (Å²) in [4.78, 5) is 97.0. The van der Waals surface area contributed by atoms with E-state index in [0.29, 0.717) is 19.3 Å². The highest BCUT2D eigenvalue weighted by Crippen LogP contribution is 2.56. The Kier molecular flexibility index (Phi) is 22.7. The molecular formula is C37H60N7O22P3S-4. The Morgan fingerprint density at radius 1 is 0.971 bits per heavy atom. The fourth-order valence-electron chi connectivity index (χ4n) is 6.98. The number of nitrogen functional groups attached to an aromatic ring is 1. The van der Waals surface area contributed by atoms with Crippen LogP contribution in [-0.4, -0.2) is 155 Å². The van der Waals surface area contributed by atoms with E-state index >= 15 is 0 Å². The Labute approximate surface area is 405 Å². The van der Waals surface area contributed by atoms with E-state index in [1.54, 1.807) is 6.92 Å². The number of thioether (sulfide) groups is 1. The molecule has 0 radical (unpaired) electrons. The zero-order valence-corrected chi connectivity index (χ0v) is 42.0. The number of anilines is 1. The molecule has 2 aromatic heterocycles. The first-order chi connectivity index (χ1) is 32.6. The van der Waals surface area contributed by atoms with Crippen molar-refractivity contribution in [2.24, 2.45) is 5.41 Å². The predicted octanol–water partition coefficient (Wildman–Crippen LogP) is -2.90. The van der Waals surface area contributed by atoms with Crippen molar-refractivity contribution in [2.75, 3.05) is 37.8 Å². The minimum absolute atomic E-state index is 0.0319. The van der Waals surface area contributed by atoms with Gasteiger partial charge in [0.15, 0.2) is 29.1 Å². The molecule has 2 unspecified atom stereocenters. The summed E-state index contributed by atoms with van der Waals surface area (Å²) in [5, 5.41) is 56.2. The maximum Gasteiger partial charge on any atom is 0.274 e. The van der Waals surface area contributed by atoms with Gasteiger partial charge in [0.25, 0.3) is 15.6 Å². The van der Waals surface area contributed by atoms with Crippen molar-refractivity contribution in [1.82, 2.24) is 30.2 Å². The van der Waals surface area contributed by atoms with Crippen LogP contribution in [0.15, 0.2) is 12.7 Å². The molecule has 70 heavy (non-hydrogen) atoms. The summed E-state index contributed by atoms with van der Waals surface area (Å²) in [6.45, 7) is 3.42. The summed E-state index contributed by atoms with van der Waals surface area (Å²) in [5.74, 6) is -1.46. The van der Waals surface area contributed by atoms with Crippen molar-refractivity contribution in [3.8, 4) is 0 Å². The molecule has 4 rings (SSSR count). The van der Waals surface area contributed by atoms with Gasteiger partial charge in [0.1, 0.15) is 42.4 Å². The molecular weight excluding hydrogens is 1020 g/mol. The number of hydrogen-bond donors (Lipinski definition) is 8. The van der Waals surface area contributed by atoms with Gasteiger partial charge in [0.2, 0.25) is 11.8 Å². The highest BCUT2D eigenvalue weighted by Gasteiger charge is 2.47. The normalized spacial score (nSPS) is 26.2. The van der Waals surface area contributed by atoms with E-state index in [2.05, 4.69) is 43.5 Å². The number of aliphatic hydroxyl groups is 5. The summed E-state index contributed by atoms with van der Waals surface area (Å²) in [6, 6.07) is 0. The first kappa shape index (κ1) is 59.9. The van der Waals surface area contributed by atoms with Crippen molar-refractivity contribution < 1.29 is 105 Å². The van der Waals surface area contributed by atoms with E-state index in [-0.39, 0.29) is 66.3 Å². The van der Waals surface area contributed by atoms with Gasteiger partial charge in [-0.15, -0.1) is 0 Å². The van der Waals surface area contributed by atoms with Crippen LogP contribution < -0.4 is 35.9 Å². The van der Waals surface area contributed by atoms with E-state index in [9.17, 15) is 73.2 Å². The van der Waals surface area contributed by atoms with Crippen LogP contribution in [0.4, 0.5) is 5.82 Å². The van der Waals surface area contributed by atoms with Crippen LogP contribution in [0, 0.1) is 5.41 Å². The van der Waals surface area contributed by atoms with E-state index in [1.165, 1.54) is 13.8 Å². The van der Waals surface area contributed by atoms with Gasteiger partial charge < -0.3 is 93.8 Å². The van der Waals surface area contributed by atoms with Crippen LogP contribution >= 0.6 is 35.2 Å². The number of carbonyl (C=O) groups excluding carboxylic acids is 3. The topological polar surface area (TPSA) is 454 Å². The molecule has 0 aliphatic carbocycles. The highest BCUT2D eigenvalue weighted by molar-refractivity contribution is 8.13. The quantitative estimate of drug-likeness (QED) is 0.0299. The number of fused-ring (bicyclic) bond motifs is 1. The number of imidazole rings is 1. The Morgan fingerprint density at radius 2 is 1.66 bits per heavy atom. The second-order valence-corrected chi connectivity index (χ2v) is 22.4. The fourth-order valence-corrected chi connectivity index (χ4v) is 10.5. The number of aliphatic hydroxyl groups excluding tert-OH is 5. The molecule has 2 amide bonds. The third kappa shape index (κ3) is 19.0. The molecule has 2 fully saturated rings. The van der Waals surface area contributed by atoms with Gasteiger partial charge >= 0.3 is 0 Å². The van der Waals surface area contributed by atoms with Gasteiger partial charge in [0.05, 0.1) is 51.8 Å². The molecule has 33 heteroatoms. The van der Waals surface area contributed by atoms with Crippen molar-refractivity contribution in [1.29, 1.82) is 0 Å². The molecule has 4 heterocycles. The average Bonchev–Trinajstić information content (AvgIpc) is 3.82. The summed E-state index contributed by atoms with van der Waals surface area (Å²) in [6.07, 6.45) is -8.30. The minimum Gasteiger partial charge on any atom is -0.790 e. The SMILES string of the molecule is C[C@H](CCCCC[C@@H](O)CC(=O)SCCNC(=O)CCNC(=O)[C@H](O)C(C)(C)COP(=O)([O-])OP(=O)([O-])OC[C@H]1O[C@@H](n2cnc3c(N)ncnc32)[C@H](O)[C@@H]1OP(=O)([O-])[O-])O[C@@H]1O[C@@H](C)[C@H](O)C[C@H]1O. The molecule has 9 N–H and O–H groups in total. The molecule has 2 aromatic rings. The number of nitrogens with two attached hydrogens (primary N) is 1. The Bertz CT molecular complexity index is 2190. The standard InChI is InChI=1S/C37H64N7O22P3S/c1-20(62-36-24(47)15-23(46)21(2)63-36)8-6-5-7-9-22(45)14-27(49)70-13-12-39-26(48)10-11-40-34(52)31(51)37(3,4)17-61-69(58,59)66-68(56,57)60-16-25-30(65-67(53,54)55)29(50)35(64-25)44-19-43-28-32(38)41-18-42-33(28)44/h18-25,29-31,35-36,45-47,50-51H,5-17H2,1-4H3,(H,39,48)(H,40,52)(H,56,57)(H,58,59)(H2,38,41,42)(H2,53,54,55)/p-4/t20-,21+,22-,23-,24-,25-,29-,30-,31+,35-,36-/m1/s1. The number of hydrogen-bond acceptors (Lipinski definition) is 27. The second kappa shape index (κ2) is 26.5. The van der Waals surface area contributed by atoms with Crippen LogP contribution in [0.5, 0.6) is 0 Å². The van der Waals surface area contributed by atoms with Crippen LogP contribution in [0.3, 0.4) is 0 Å². The van der Waals surface area contributed by atoms with Crippen molar-refractivity contribution in [3.63, 3.8) is 0 Å². The number of rotatable bonds is 29. The molecule has 29 nitrogen and oxygen atoms in total. The number of unbranched alkanes of at least 4 members (excludes halogenated alkanes) is 2. The lowest BCUT2D eigenvalue weighted by atomic mass is 9.87.